The van der Waals surface area contributed by atoms with Crippen LogP contribution in [-0.2, 0) is 13.0 Å². The molecule has 1 fully saturated rings. The number of benzene rings is 2. The van der Waals surface area contributed by atoms with Crippen LogP contribution in [0.5, 0.6) is 0 Å². The van der Waals surface area contributed by atoms with E-state index in [2.05, 4.69) is 4.98 Å². The number of aromatic nitrogens is 1. The Kier molecular flexibility index (Phi) is 4.23. The maximum atomic E-state index is 13.5. The highest BCUT2D eigenvalue weighted by atomic mass is 19.1. The van der Waals surface area contributed by atoms with Crippen LogP contribution in [0.25, 0.3) is 11.1 Å². The monoisotopic (exact) mass is 376 g/mol. The normalized spacial score (nSPS) is 16.5. The first-order chi connectivity index (χ1) is 13.7. The van der Waals surface area contributed by atoms with Gasteiger partial charge < -0.3 is 9.32 Å². The van der Waals surface area contributed by atoms with Gasteiger partial charge in [0.1, 0.15) is 17.3 Å². The predicted octanol–water partition coefficient (Wildman–Crippen LogP) is 4.95. The van der Waals surface area contributed by atoms with Crippen LogP contribution in [0.15, 0.2) is 52.9 Å². The molecule has 0 atom stereocenters. The summed E-state index contributed by atoms with van der Waals surface area (Å²) in [6.45, 7) is 1.10. The van der Waals surface area contributed by atoms with Gasteiger partial charge >= 0.3 is 0 Å². The molecule has 1 aromatic heterocycles. The molecule has 1 aliphatic carbocycles. The quantitative estimate of drug-likeness (QED) is 0.650. The van der Waals surface area contributed by atoms with Gasteiger partial charge in [-0.15, -0.1) is 0 Å². The Hall–Kier alpha value is -2.95. The van der Waals surface area contributed by atoms with Crippen LogP contribution in [0.2, 0.25) is 0 Å². The summed E-state index contributed by atoms with van der Waals surface area (Å²) in [4.78, 5) is 19.6. The number of amides is 1. The summed E-state index contributed by atoms with van der Waals surface area (Å²) < 4.78 is 19.5. The summed E-state index contributed by atoms with van der Waals surface area (Å²) in [5, 5.41) is 0. The lowest BCUT2D eigenvalue weighted by molar-refractivity contribution is 0.0728. The Morgan fingerprint density at radius 2 is 1.89 bits per heavy atom. The summed E-state index contributed by atoms with van der Waals surface area (Å²) in [7, 11) is 0. The first-order valence-electron chi connectivity index (χ1n) is 9.81. The third-order valence-corrected chi connectivity index (χ3v) is 5.75. The van der Waals surface area contributed by atoms with Crippen LogP contribution in [0.4, 0.5) is 4.39 Å². The standard InChI is InChI=1S/C23H21FN2O2/c24-19-9-3-7-17(13-19)16-6-2-8-18(12-16)23(27)26-11-10-21-20(14-26)25-22(28-21)15-4-1-5-15/h2-3,6-9,12-13,15H,1,4-5,10-11,14H2. The van der Waals surface area contributed by atoms with Gasteiger partial charge in [-0.2, -0.15) is 0 Å². The summed E-state index contributed by atoms with van der Waals surface area (Å²) in [5.41, 5.74) is 3.09. The van der Waals surface area contributed by atoms with Gasteiger partial charge in [0.05, 0.1) is 6.54 Å². The third kappa shape index (κ3) is 3.11. The molecule has 3 aromatic rings. The molecule has 28 heavy (non-hydrogen) atoms. The number of hydrogen-bond acceptors (Lipinski definition) is 3. The van der Waals surface area contributed by atoms with Crippen molar-refractivity contribution in [2.24, 2.45) is 0 Å². The smallest absolute Gasteiger partial charge is 0.254 e. The van der Waals surface area contributed by atoms with E-state index in [9.17, 15) is 9.18 Å². The molecule has 2 heterocycles. The number of hydrogen-bond donors (Lipinski definition) is 0. The van der Waals surface area contributed by atoms with Gasteiger partial charge in [-0.3, -0.25) is 4.79 Å². The average molecular weight is 376 g/mol. The predicted molar refractivity (Wildman–Crippen MR) is 103 cm³/mol. The van der Waals surface area contributed by atoms with Crippen LogP contribution in [0.3, 0.4) is 0 Å². The van der Waals surface area contributed by atoms with Gasteiger partial charge in [0, 0.05) is 24.4 Å². The maximum absolute atomic E-state index is 13.5. The Labute approximate surface area is 163 Å². The summed E-state index contributed by atoms with van der Waals surface area (Å²) in [6, 6.07) is 13.8. The van der Waals surface area contributed by atoms with E-state index in [1.165, 1.54) is 18.6 Å². The van der Waals surface area contributed by atoms with E-state index < -0.39 is 0 Å². The van der Waals surface area contributed by atoms with Crippen LogP contribution in [-0.4, -0.2) is 22.3 Å². The fourth-order valence-corrected chi connectivity index (χ4v) is 3.90. The molecule has 1 aliphatic heterocycles. The molecule has 2 aliphatic rings. The molecule has 5 heteroatoms. The van der Waals surface area contributed by atoms with Crippen molar-refractivity contribution in [1.82, 2.24) is 9.88 Å². The Morgan fingerprint density at radius 3 is 2.64 bits per heavy atom. The molecule has 0 bridgehead atoms. The van der Waals surface area contributed by atoms with Gasteiger partial charge in [-0.1, -0.05) is 30.7 Å². The zero-order valence-corrected chi connectivity index (χ0v) is 15.5. The summed E-state index contributed by atoms with van der Waals surface area (Å²) >= 11 is 0. The zero-order chi connectivity index (χ0) is 19.1. The van der Waals surface area contributed by atoms with E-state index in [1.807, 2.05) is 35.2 Å². The lowest BCUT2D eigenvalue weighted by atomic mass is 9.85. The van der Waals surface area contributed by atoms with Crippen LogP contribution < -0.4 is 0 Å². The Balaban J connectivity index is 1.37. The highest BCUT2D eigenvalue weighted by Gasteiger charge is 2.30. The first kappa shape index (κ1) is 17.2. The second-order valence-electron chi connectivity index (χ2n) is 7.62. The fourth-order valence-electron chi connectivity index (χ4n) is 3.90. The van der Waals surface area contributed by atoms with Crippen molar-refractivity contribution in [3.63, 3.8) is 0 Å². The number of fused-ring (bicyclic) bond motifs is 1. The average Bonchev–Trinajstić information content (AvgIpc) is 3.08. The largest absolute Gasteiger partial charge is 0.445 e. The van der Waals surface area contributed by atoms with E-state index in [0.29, 0.717) is 31.0 Å². The van der Waals surface area contributed by atoms with Crippen molar-refractivity contribution in [2.45, 2.75) is 38.1 Å². The Bertz CT molecular complexity index is 1040. The zero-order valence-electron chi connectivity index (χ0n) is 15.5. The number of nitrogens with zero attached hydrogens (tertiary/aromatic N) is 2. The second kappa shape index (κ2) is 6.89. The van der Waals surface area contributed by atoms with E-state index in [-0.39, 0.29) is 11.7 Å². The van der Waals surface area contributed by atoms with Crippen molar-refractivity contribution in [3.8, 4) is 11.1 Å². The highest BCUT2D eigenvalue weighted by Crippen LogP contribution is 2.37. The third-order valence-electron chi connectivity index (χ3n) is 5.75. The number of oxazole rings is 1. The van der Waals surface area contributed by atoms with E-state index in [4.69, 9.17) is 4.42 Å². The highest BCUT2D eigenvalue weighted by molar-refractivity contribution is 5.95. The molecule has 0 N–H and O–H groups in total. The van der Waals surface area contributed by atoms with Gasteiger partial charge in [0.15, 0.2) is 5.89 Å². The van der Waals surface area contributed by atoms with Crippen LogP contribution in [0, 0.1) is 5.82 Å². The van der Waals surface area contributed by atoms with E-state index >= 15 is 0 Å². The molecule has 0 radical (unpaired) electrons. The number of halogens is 1. The van der Waals surface area contributed by atoms with Gasteiger partial charge in [-0.05, 0) is 48.2 Å². The van der Waals surface area contributed by atoms with Crippen molar-refractivity contribution >= 4 is 5.91 Å². The van der Waals surface area contributed by atoms with Gasteiger partial charge in [-0.25, -0.2) is 9.37 Å². The minimum absolute atomic E-state index is 0.0305. The minimum atomic E-state index is -0.286. The van der Waals surface area contributed by atoms with Crippen molar-refractivity contribution in [2.75, 3.05) is 6.54 Å². The molecule has 2 aromatic carbocycles. The molecule has 4 nitrogen and oxygen atoms in total. The molecular formula is C23H21FN2O2. The molecule has 0 unspecified atom stereocenters. The minimum Gasteiger partial charge on any atom is -0.445 e. The van der Waals surface area contributed by atoms with Crippen molar-refractivity contribution in [1.29, 1.82) is 0 Å². The van der Waals surface area contributed by atoms with Gasteiger partial charge in [0.2, 0.25) is 0 Å². The molecule has 5 rings (SSSR count). The van der Waals surface area contributed by atoms with Crippen LogP contribution in [0.1, 0.15) is 52.9 Å². The van der Waals surface area contributed by atoms with Gasteiger partial charge in [0.25, 0.3) is 5.91 Å². The number of carbonyl (C=O) groups excluding carboxylic acids is 1. The topological polar surface area (TPSA) is 46.3 Å². The molecule has 0 spiro atoms. The second-order valence-corrected chi connectivity index (χ2v) is 7.62. The van der Waals surface area contributed by atoms with Crippen molar-refractivity contribution < 1.29 is 13.6 Å². The van der Waals surface area contributed by atoms with Crippen molar-refractivity contribution in [3.05, 3.63) is 77.3 Å². The van der Waals surface area contributed by atoms with Crippen LogP contribution >= 0.6 is 0 Å². The summed E-state index contributed by atoms with van der Waals surface area (Å²) in [5.74, 6) is 1.92. The Morgan fingerprint density at radius 1 is 1.11 bits per heavy atom. The SMILES string of the molecule is O=C(c1cccc(-c2cccc(F)c2)c1)N1CCc2oc(C3CCC3)nc2C1. The lowest BCUT2D eigenvalue weighted by Gasteiger charge is -2.25. The first-order valence-corrected chi connectivity index (χ1v) is 9.81. The molecule has 1 saturated carbocycles. The fraction of sp³-hybridized carbons (Fsp3) is 0.304. The van der Waals surface area contributed by atoms with E-state index in [1.54, 1.807) is 6.07 Å². The number of carbonyl (C=O) groups is 1. The molecule has 1 amide bonds. The molecule has 0 saturated heterocycles. The lowest BCUT2D eigenvalue weighted by Crippen LogP contribution is -2.35. The molecular weight excluding hydrogens is 355 g/mol. The maximum Gasteiger partial charge on any atom is 0.254 e. The molecule has 142 valence electrons. The van der Waals surface area contributed by atoms with E-state index in [0.717, 1.165) is 41.3 Å². The summed E-state index contributed by atoms with van der Waals surface area (Å²) in [6.07, 6.45) is 4.23. The number of rotatable bonds is 3.